The summed E-state index contributed by atoms with van der Waals surface area (Å²) in [5.41, 5.74) is 1.38. The third-order valence-corrected chi connectivity index (χ3v) is 5.24. The normalized spacial score (nSPS) is 19.5. The molecule has 1 amide bonds. The number of likely N-dealkylation sites (N-methyl/N-ethyl adjacent to an activating group) is 1. The highest BCUT2D eigenvalue weighted by Crippen LogP contribution is 2.27. The first-order valence-corrected chi connectivity index (χ1v) is 9.49. The molecule has 1 N–H and O–H groups in total. The highest BCUT2D eigenvalue weighted by molar-refractivity contribution is 5.85. The molecule has 0 aromatic heterocycles. The van der Waals surface area contributed by atoms with Gasteiger partial charge in [0.15, 0.2) is 0 Å². The maximum Gasteiger partial charge on any atom is 0.236 e. The minimum absolute atomic E-state index is 0. The van der Waals surface area contributed by atoms with Crippen LogP contribution in [0.1, 0.15) is 31.7 Å². The van der Waals surface area contributed by atoms with E-state index in [1.165, 1.54) is 24.8 Å². The van der Waals surface area contributed by atoms with Gasteiger partial charge >= 0.3 is 0 Å². The number of halogens is 2. The molecule has 1 aliphatic carbocycles. The third kappa shape index (κ3) is 7.43. The molecule has 1 unspecified atom stereocenters. The molecule has 1 aromatic rings. The quantitative estimate of drug-likeness (QED) is 0.689. The van der Waals surface area contributed by atoms with Crippen molar-refractivity contribution in [3.63, 3.8) is 0 Å². The predicted octanol–water partition coefficient (Wildman–Crippen LogP) is 3.20. The molecule has 2 aliphatic rings. The molecule has 0 spiro atoms. The third-order valence-electron chi connectivity index (χ3n) is 5.24. The van der Waals surface area contributed by atoms with Gasteiger partial charge in [0.05, 0.1) is 6.54 Å². The fraction of sp³-hybridized carbons (Fsp3) is 0.650. The molecule has 1 heterocycles. The van der Waals surface area contributed by atoms with Gasteiger partial charge in [-0.1, -0.05) is 30.3 Å². The van der Waals surface area contributed by atoms with Crippen molar-refractivity contribution in [2.75, 3.05) is 39.3 Å². The average molecular weight is 402 g/mol. The standard InChI is InChI=1S/C20H31N3O.2ClH/c1-2-23(20(24)13-21-12-17-8-9-17)16-19-10-11-22(15-19)14-18-6-4-3-5-7-18;;/h3-7,17,19,21H,2,8-16H2,1H3;2*1H. The minimum Gasteiger partial charge on any atom is -0.342 e. The van der Waals surface area contributed by atoms with Gasteiger partial charge in [0.2, 0.25) is 5.91 Å². The molecule has 1 aromatic carbocycles. The van der Waals surface area contributed by atoms with E-state index in [0.29, 0.717) is 12.5 Å². The summed E-state index contributed by atoms with van der Waals surface area (Å²) in [6, 6.07) is 10.7. The molecular formula is C20H33Cl2N3O. The molecule has 0 radical (unpaired) electrons. The number of benzene rings is 1. The molecule has 2 fully saturated rings. The second kappa shape index (κ2) is 11.8. The molecule has 148 valence electrons. The van der Waals surface area contributed by atoms with Crippen molar-refractivity contribution in [3.8, 4) is 0 Å². The van der Waals surface area contributed by atoms with Crippen LogP contribution >= 0.6 is 24.8 Å². The van der Waals surface area contributed by atoms with Gasteiger partial charge in [0.1, 0.15) is 0 Å². The maximum atomic E-state index is 12.4. The van der Waals surface area contributed by atoms with Crippen LogP contribution in [0.15, 0.2) is 30.3 Å². The van der Waals surface area contributed by atoms with Crippen LogP contribution in [0.5, 0.6) is 0 Å². The fourth-order valence-electron chi connectivity index (χ4n) is 3.58. The lowest BCUT2D eigenvalue weighted by Gasteiger charge is -2.25. The molecule has 0 bridgehead atoms. The zero-order valence-electron chi connectivity index (χ0n) is 15.7. The first kappa shape index (κ1) is 23.2. The van der Waals surface area contributed by atoms with Gasteiger partial charge in [-0.25, -0.2) is 0 Å². The number of nitrogens with one attached hydrogen (secondary N) is 1. The highest BCUT2D eigenvalue weighted by atomic mass is 35.5. The van der Waals surface area contributed by atoms with E-state index in [2.05, 4.69) is 47.5 Å². The van der Waals surface area contributed by atoms with E-state index in [1.807, 2.05) is 4.90 Å². The van der Waals surface area contributed by atoms with Crippen molar-refractivity contribution >= 4 is 30.7 Å². The summed E-state index contributed by atoms with van der Waals surface area (Å²) in [6.07, 6.45) is 3.86. The fourth-order valence-corrected chi connectivity index (χ4v) is 3.58. The topological polar surface area (TPSA) is 35.6 Å². The molecular weight excluding hydrogens is 369 g/mol. The van der Waals surface area contributed by atoms with Crippen LogP contribution in [0.25, 0.3) is 0 Å². The first-order chi connectivity index (χ1) is 11.7. The lowest BCUT2D eigenvalue weighted by Crippen LogP contribution is -2.41. The Labute approximate surface area is 170 Å². The number of carbonyl (C=O) groups excluding carboxylic acids is 1. The SMILES string of the molecule is CCN(CC1CCN(Cc2ccccc2)C1)C(=O)CNCC1CC1.Cl.Cl. The van der Waals surface area contributed by atoms with E-state index in [1.54, 1.807) is 0 Å². The zero-order chi connectivity index (χ0) is 16.8. The van der Waals surface area contributed by atoms with Crippen molar-refractivity contribution in [1.29, 1.82) is 0 Å². The van der Waals surface area contributed by atoms with E-state index in [0.717, 1.165) is 45.2 Å². The summed E-state index contributed by atoms with van der Waals surface area (Å²) in [6.45, 7) is 8.61. The van der Waals surface area contributed by atoms with E-state index < -0.39 is 0 Å². The number of nitrogens with zero attached hydrogens (tertiary/aromatic N) is 2. The van der Waals surface area contributed by atoms with Gasteiger partial charge in [0.25, 0.3) is 0 Å². The number of carbonyl (C=O) groups is 1. The van der Waals surface area contributed by atoms with Gasteiger partial charge in [-0.15, -0.1) is 24.8 Å². The number of hydrogen-bond donors (Lipinski definition) is 1. The smallest absolute Gasteiger partial charge is 0.236 e. The van der Waals surface area contributed by atoms with Gasteiger partial charge < -0.3 is 10.2 Å². The molecule has 1 saturated heterocycles. The maximum absolute atomic E-state index is 12.4. The van der Waals surface area contributed by atoms with Gasteiger partial charge in [0, 0.05) is 26.2 Å². The summed E-state index contributed by atoms with van der Waals surface area (Å²) in [5, 5.41) is 3.33. The van der Waals surface area contributed by atoms with Crippen LogP contribution in [-0.2, 0) is 11.3 Å². The zero-order valence-corrected chi connectivity index (χ0v) is 17.4. The number of hydrogen-bond acceptors (Lipinski definition) is 3. The van der Waals surface area contributed by atoms with Crippen molar-refractivity contribution in [2.45, 2.75) is 32.7 Å². The Hall–Kier alpha value is -0.810. The molecule has 6 heteroatoms. The summed E-state index contributed by atoms with van der Waals surface area (Å²) in [5.74, 6) is 1.70. The van der Waals surface area contributed by atoms with Crippen molar-refractivity contribution in [2.24, 2.45) is 11.8 Å². The van der Waals surface area contributed by atoms with Crippen LogP contribution < -0.4 is 5.32 Å². The lowest BCUT2D eigenvalue weighted by molar-refractivity contribution is -0.130. The van der Waals surface area contributed by atoms with Gasteiger partial charge in [-0.05, 0) is 56.7 Å². The van der Waals surface area contributed by atoms with Gasteiger partial charge in [-0.2, -0.15) is 0 Å². The van der Waals surface area contributed by atoms with E-state index >= 15 is 0 Å². The van der Waals surface area contributed by atoms with E-state index in [-0.39, 0.29) is 30.7 Å². The average Bonchev–Trinajstić information content (AvgIpc) is 3.32. The Kier molecular flexibility index (Phi) is 10.6. The van der Waals surface area contributed by atoms with E-state index in [9.17, 15) is 4.79 Å². The van der Waals surface area contributed by atoms with Crippen LogP contribution in [0, 0.1) is 11.8 Å². The molecule has 1 aliphatic heterocycles. The predicted molar refractivity (Wildman–Crippen MR) is 112 cm³/mol. The Balaban J connectivity index is 0.00000169. The van der Waals surface area contributed by atoms with Crippen LogP contribution in [0.2, 0.25) is 0 Å². The minimum atomic E-state index is 0. The molecule has 3 rings (SSSR count). The second-order valence-corrected chi connectivity index (χ2v) is 7.38. The van der Waals surface area contributed by atoms with Crippen LogP contribution in [-0.4, -0.2) is 55.0 Å². The van der Waals surface area contributed by atoms with Crippen LogP contribution in [0.3, 0.4) is 0 Å². The Morgan fingerprint density at radius 3 is 2.54 bits per heavy atom. The highest BCUT2D eigenvalue weighted by Gasteiger charge is 2.26. The van der Waals surface area contributed by atoms with Gasteiger partial charge in [-0.3, -0.25) is 9.69 Å². The Bertz CT molecular complexity index is 525. The molecule has 1 saturated carbocycles. The largest absolute Gasteiger partial charge is 0.342 e. The lowest BCUT2D eigenvalue weighted by atomic mass is 10.1. The van der Waals surface area contributed by atoms with Crippen LogP contribution in [0.4, 0.5) is 0 Å². The number of amides is 1. The molecule has 26 heavy (non-hydrogen) atoms. The summed E-state index contributed by atoms with van der Waals surface area (Å²) in [4.78, 5) is 16.9. The van der Waals surface area contributed by atoms with Crippen molar-refractivity contribution in [3.05, 3.63) is 35.9 Å². The number of likely N-dealkylation sites (tertiary alicyclic amines) is 1. The van der Waals surface area contributed by atoms with E-state index in [4.69, 9.17) is 0 Å². The van der Waals surface area contributed by atoms with Crippen molar-refractivity contribution < 1.29 is 4.79 Å². The Morgan fingerprint density at radius 2 is 1.88 bits per heavy atom. The Morgan fingerprint density at radius 1 is 1.15 bits per heavy atom. The monoisotopic (exact) mass is 401 g/mol. The molecule has 1 atom stereocenters. The summed E-state index contributed by atoms with van der Waals surface area (Å²) < 4.78 is 0. The first-order valence-electron chi connectivity index (χ1n) is 9.49. The van der Waals surface area contributed by atoms with Crippen molar-refractivity contribution in [1.82, 2.24) is 15.1 Å². The summed E-state index contributed by atoms with van der Waals surface area (Å²) >= 11 is 0. The number of rotatable bonds is 9. The molecule has 4 nitrogen and oxygen atoms in total. The summed E-state index contributed by atoms with van der Waals surface area (Å²) in [7, 11) is 0. The second-order valence-electron chi connectivity index (χ2n) is 7.38.